The van der Waals surface area contributed by atoms with E-state index in [0.717, 1.165) is 83.5 Å². The van der Waals surface area contributed by atoms with Crippen molar-refractivity contribution in [1.82, 2.24) is 47.8 Å². The Hall–Kier alpha value is -7.75. The average Bonchev–Trinajstić information content (AvgIpc) is 4.01. The first kappa shape index (κ1) is 53.2. The molecule has 0 amide bonds. The second kappa shape index (κ2) is 25.6. The first-order valence-electron chi connectivity index (χ1n) is 23.1. The van der Waals surface area contributed by atoms with E-state index in [1.54, 1.807) is 42.7 Å². The van der Waals surface area contributed by atoms with Crippen LogP contribution < -0.4 is 28.2 Å². The maximum Gasteiger partial charge on any atom is 0.334 e. The predicted molar refractivity (Wildman–Crippen MR) is 259 cm³/mol. The van der Waals surface area contributed by atoms with Gasteiger partial charge in [-0.2, -0.15) is 20.1 Å². The van der Waals surface area contributed by atoms with Gasteiger partial charge in [0.05, 0.1) is 19.0 Å². The second-order valence-electron chi connectivity index (χ2n) is 16.4. The summed E-state index contributed by atoms with van der Waals surface area (Å²) in [7, 11) is 0. The number of azo groups is 1. The Bertz CT molecular complexity index is 3080. The smallest absolute Gasteiger partial charge is 0.334 e. The van der Waals surface area contributed by atoms with E-state index in [1.807, 2.05) is 26.0 Å². The minimum atomic E-state index is -0.681. The van der Waals surface area contributed by atoms with Crippen LogP contribution in [0.4, 0.5) is 28.7 Å². The number of nitrogens with two attached hydrogens (primary N) is 1. The van der Waals surface area contributed by atoms with E-state index in [0.29, 0.717) is 36.0 Å². The van der Waals surface area contributed by atoms with Crippen molar-refractivity contribution in [2.45, 2.75) is 129 Å². The maximum absolute atomic E-state index is 13.3. The molecule has 0 saturated heterocycles. The molecule has 0 unspecified atom stereocenters. The van der Waals surface area contributed by atoms with Crippen LogP contribution in [0.15, 0.2) is 95.6 Å². The molecular weight excluding hydrogens is 940 g/mol. The van der Waals surface area contributed by atoms with Crippen LogP contribution in [0.1, 0.15) is 121 Å². The maximum atomic E-state index is 13.3. The van der Waals surface area contributed by atoms with Crippen LogP contribution in [0.25, 0.3) is 16.5 Å². The molecule has 2 saturated carbocycles. The number of hydrogen-bond donors (Lipinski definition) is 3. The Kier molecular flexibility index (Phi) is 19.4. The van der Waals surface area contributed by atoms with E-state index < -0.39 is 28.4 Å². The van der Waals surface area contributed by atoms with Crippen molar-refractivity contribution >= 4 is 35.4 Å². The molecule has 2 aliphatic carbocycles. The largest absolute Gasteiger partial charge is 0.493 e. The summed E-state index contributed by atoms with van der Waals surface area (Å²) in [6.45, 7) is 15.5. The summed E-state index contributed by atoms with van der Waals surface area (Å²) in [6, 6.07) is 12.3. The summed E-state index contributed by atoms with van der Waals surface area (Å²) in [4.78, 5) is 66.7. The number of aromatic hydroxyl groups is 2. The molecule has 23 heteroatoms. The molecule has 6 heterocycles. The molecule has 2 fully saturated rings. The van der Waals surface area contributed by atoms with Gasteiger partial charge in [0.1, 0.15) is 11.6 Å². The number of hydrogen-bond acceptors (Lipinski definition) is 15. The van der Waals surface area contributed by atoms with Gasteiger partial charge in [-0.3, -0.25) is 27.9 Å². The third kappa shape index (κ3) is 11.9. The predicted octanol–water partition coefficient (Wildman–Crippen LogP) is 7.64. The number of aliphatic imine (C=N–C) groups is 1. The van der Waals surface area contributed by atoms with E-state index >= 15 is 0 Å². The molecule has 0 aliphatic heterocycles. The van der Waals surface area contributed by atoms with Crippen LogP contribution >= 0.6 is 0 Å². The van der Waals surface area contributed by atoms with Crippen molar-refractivity contribution in [3.63, 3.8) is 0 Å². The Morgan fingerprint density at radius 2 is 1.26 bits per heavy atom. The van der Waals surface area contributed by atoms with Gasteiger partial charge in [0, 0.05) is 54.6 Å². The summed E-state index contributed by atoms with van der Waals surface area (Å²) in [5, 5.41) is 45.9. The van der Waals surface area contributed by atoms with Crippen molar-refractivity contribution in [2.75, 3.05) is 5.73 Å². The average molecular weight is 997 g/mol. The van der Waals surface area contributed by atoms with Crippen LogP contribution in [0.2, 0.25) is 0 Å². The second-order valence-corrected chi connectivity index (χ2v) is 16.4. The summed E-state index contributed by atoms with van der Waals surface area (Å²) in [6.07, 6.45) is 18.3. The quantitative estimate of drug-likeness (QED) is 0.0436. The summed E-state index contributed by atoms with van der Waals surface area (Å²) in [5.41, 5.74) is 3.46. The first-order chi connectivity index (χ1) is 33.5. The van der Waals surface area contributed by atoms with Gasteiger partial charge >= 0.3 is 11.4 Å². The van der Waals surface area contributed by atoms with Crippen LogP contribution in [0.3, 0.4) is 0 Å². The Labute approximate surface area is 413 Å². The number of anilines is 1. The fourth-order valence-corrected chi connectivity index (χ4v) is 8.24. The molecule has 0 radical (unpaired) electrons. The van der Waals surface area contributed by atoms with Gasteiger partial charge in [-0.15, -0.1) is 10.2 Å². The Balaban J connectivity index is 0.000000214. The van der Waals surface area contributed by atoms with Crippen molar-refractivity contribution in [1.29, 1.82) is 5.26 Å². The fourth-order valence-electron chi connectivity index (χ4n) is 8.24. The van der Waals surface area contributed by atoms with Crippen LogP contribution in [-0.2, 0) is 30.2 Å². The molecule has 8 rings (SSSR count). The van der Waals surface area contributed by atoms with Crippen molar-refractivity contribution in [3.05, 3.63) is 120 Å². The third-order valence-electron chi connectivity index (χ3n) is 11.9. The van der Waals surface area contributed by atoms with Gasteiger partial charge in [-0.25, -0.2) is 34.1 Å². The number of unbranched alkanes of at least 4 members (excludes halogenated alkanes) is 2. The van der Waals surface area contributed by atoms with Crippen LogP contribution in [0.5, 0.6) is 11.8 Å². The zero-order valence-corrected chi connectivity index (χ0v) is 40.2. The van der Waals surface area contributed by atoms with Gasteiger partial charge < -0.3 is 15.9 Å². The van der Waals surface area contributed by atoms with E-state index in [4.69, 9.17) is 17.6 Å². The summed E-state index contributed by atoms with van der Waals surface area (Å²) < 4.78 is 7.71. The van der Waals surface area contributed by atoms with Crippen LogP contribution in [-0.4, -0.2) is 64.7 Å². The molecule has 4 N–H and O–H groups in total. The minimum absolute atomic E-state index is 0. The normalized spacial score (nSPS) is 13.8. The van der Waals surface area contributed by atoms with Crippen molar-refractivity contribution in [3.8, 4) is 29.5 Å². The van der Waals surface area contributed by atoms with Crippen LogP contribution in [0, 0.1) is 17.9 Å². The van der Waals surface area contributed by atoms with E-state index in [2.05, 4.69) is 46.9 Å². The molecule has 0 spiro atoms. The molecular formula is C47H56FeN16O6. The Morgan fingerprint density at radius 1 is 0.757 bits per heavy atom. The first-order valence-corrected chi connectivity index (χ1v) is 23.1. The monoisotopic (exact) mass is 996 g/mol. The number of nitrogen functional groups attached to an aromatic ring is 1. The topological polar surface area (TPSA) is 281 Å². The molecule has 22 nitrogen and oxygen atoms in total. The van der Waals surface area contributed by atoms with Crippen molar-refractivity contribution in [2.24, 2.45) is 15.2 Å². The molecule has 0 atom stereocenters. The molecule has 70 heavy (non-hydrogen) atoms. The van der Waals surface area contributed by atoms with Crippen molar-refractivity contribution < 1.29 is 27.3 Å². The van der Waals surface area contributed by atoms with E-state index in [9.17, 15) is 29.4 Å². The standard InChI is InChI=1S/C23H26N8O3.C14H23N3O3.C10H7N5.Fe/c1-3-4-14-29-21(32)19(22(33)30(23(29)34)16-10-6-5-7-11-16)27-28-20-17(24-2)15-26-31(20)18-12-8-9-13-25-18;1-2-3-9-16-12(18)11(15)13(19)17(14(16)20)10-7-5-4-6-8-10;1-12-10-8(6-11)7-14-15(10)9-4-2-3-5-13-9;/h8-9,12-13,15-16,32H,3-7,10-11,14H2,1H3;10,18H,2-9,15H2,1H3;2-5,7H,1H2;. The number of nitrogens with zero attached hydrogens (tertiary/aromatic N) is 15. The summed E-state index contributed by atoms with van der Waals surface area (Å²) >= 11 is 0. The van der Waals surface area contributed by atoms with E-state index in [1.165, 1.54) is 40.0 Å². The number of pyridine rings is 2. The van der Waals surface area contributed by atoms with Gasteiger partial charge in [0.15, 0.2) is 29.0 Å². The molecule has 6 aromatic rings. The molecule has 0 bridgehead atoms. The molecule has 6 aromatic heterocycles. The molecule has 2 aliphatic rings. The molecule has 0 aromatic carbocycles. The summed E-state index contributed by atoms with van der Waals surface area (Å²) in [5.74, 6) is 0.608. The number of aromatic nitrogens is 10. The third-order valence-corrected chi connectivity index (χ3v) is 11.9. The molecule has 368 valence electrons. The zero-order chi connectivity index (χ0) is 49.5. The zero-order valence-electron chi connectivity index (χ0n) is 39.1. The van der Waals surface area contributed by atoms with E-state index in [-0.39, 0.29) is 64.5 Å². The number of nitriles is 1. The van der Waals surface area contributed by atoms with Gasteiger partial charge in [-0.05, 0) is 69.5 Å². The van der Waals surface area contributed by atoms with Gasteiger partial charge in [0.25, 0.3) is 16.8 Å². The van der Waals surface area contributed by atoms with Gasteiger partial charge in [0.2, 0.25) is 17.4 Å². The SMILES string of the molecule is C=Nc1c(C#N)cnn1-c1ccccn1.CCCCn1c(O)c(N)c(=O)n(C2CCCCC2)c1=O.[C-]#[N+]c1cnn(-c2ccccn2)c1N=Nc1c(O)n(CCCC)c(=O)n(C2CCCCC2)c1=O.[Fe]. The number of rotatable bonds is 13. The fraction of sp³-hybridized carbons (Fsp3) is 0.426. The minimum Gasteiger partial charge on any atom is -0.493 e. The van der Waals surface area contributed by atoms with Gasteiger partial charge in [-0.1, -0.05) is 77.3 Å². The Morgan fingerprint density at radius 3 is 1.73 bits per heavy atom.